The van der Waals surface area contributed by atoms with E-state index < -0.39 is 0 Å². The summed E-state index contributed by atoms with van der Waals surface area (Å²) >= 11 is -0.167. The number of rotatable bonds is 0. The summed E-state index contributed by atoms with van der Waals surface area (Å²) in [6, 6.07) is 0. The molecule has 0 unspecified atom stereocenters. The molecule has 0 aromatic carbocycles. The van der Waals surface area contributed by atoms with E-state index in [1.54, 1.807) is 0 Å². The second kappa shape index (κ2) is 8.89. The number of hydrogen-bond acceptors (Lipinski definition) is 2. The van der Waals surface area contributed by atoms with E-state index in [1.807, 2.05) is 0 Å². The topological polar surface area (TPSA) is 43.3 Å². The number of hydrogen-bond donors (Lipinski definition) is 1. The van der Waals surface area contributed by atoms with Crippen molar-refractivity contribution in [3.05, 3.63) is 0 Å². The molecule has 0 amide bonds. The molecule has 21 valence electrons. The minimum absolute atomic E-state index is 0. The van der Waals surface area contributed by atoms with Crippen LogP contribution in [0.4, 0.5) is 0 Å². The quantitative estimate of drug-likeness (QED) is 0.433. The summed E-state index contributed by atoms with van der Waals surface area (Å²) < 4.78 is 15.2. The monoisotopic (exact) mass is 153 g/mol. The third-order valence-electron chi connectivity index (χ3n) is 0. The van der Waals surface area contributed by atoms with Gasteiger partial charge >= 0.3 is 11.3 Å². The van der Waals surface area contributed by atoms with Gasteiger partial charge in [0.05, 0.1) is 0 Å². The van der Waals surface area contributed by atoms with Crippen LogP contribution >= 0.6 is 0 Å². The summed E-state index contributed by atoms with van der Waals surface area (Å²) in [6.45, 7) is 0. The molecule has 0 aliphatic carbocycles. The predicted octanol–water partition coefficient (Wildman–Crippen LogP) is -2.13. The van der Waals surface area contributed by atoms with E-state index in [0.717, 1.165) is 0 Å². The maximum Gasteiger partial charge on any atom is 0.327 e. The van der Waals surface area contributed by atoms with Gasteiger partial charge in [0.15, 0.2) is 0 Å². The molecule has 4 heteroatoms. The molecule has 1 N–H and O–H groups in total. The van der Waals surface area contributed by atoms with Crippen molar-refractivity contribution in [3.8, 4) is 0 Å². The van der Waals surface area contributed by atoms with E-state index in [-0.39, 0.29) is 69.5 Å². The molecule has 4 heavy (non-hydrogen) atoms. The summed E-state index contributed by atoms with van der Waals surface area (Å²) in [7, 11) is 0. The van der Waals surface area contributed by atoms with Gasteiger partial charge in [0.1, 0.15) is 0 Å². The molecular weight excluding hydrogens is 153 g/mol. The Morgan fingerprint density at radius 1 is 1.75 bits per heavy atom. The van der Waals surface area contributed by atoms with Gasteiger partial charge in [-0.1, -0.05) is 0 Å². The molecule has 0 aromatic rings. The normalized spacial score (nSPS) is 4.50. The van der Waals surface area contributed by atoms with E-state index in [2.05, 4.69) is 0 Å². The Hall–Kier alpha value is 2.02. The van der Waals surface area contributed by atoms with E-state index in [9.17, 15) is 0 Å². The molecule has 0 atom stereocenters. The van der Waals surface area contributed by atoms with Crippen LogP contribution < -0.4 is 4.66 Å². The first-order chi connectivity index (χ1) is 1.41. The second-order valence-corrected chi connectivity index (χ2v) is 0.207. The zero-order chi connectivity index (χ0) is 2.71. The van der Waals surface area contributed by atoms with Gasteiger partial charge in [0, 0.05) is 58.2 Å². The van der Waals surface area contributed by atoms with Gasteiger partial charge < -0.3 is 4.66 Å². The molecule has 0 fully saturated rings. The first-order valence-corrected chi connectivity index (χ1v) is 0.970. The Balaban J connectivity index is 0. The fourth-order valence-corrected chi connectivity index (χ4v) is 0. The van der Waals surface area contributed by atoms with Crippen molar-refractivity contribution in [1.29, 1.82) is 0 Å². The predicted molar refractivity (Wildman–Crippen MR) is 7.97 cm³/mol. The molecule has 0 saturated carbocycles. The standard InChI is InChI=1S/ClHO2.Rb/c2-1-3;/h2H;. The third-order valence-corrected chi connectivity index (χ3v) is 0. The van der Waals surface area contributed by atoms with E-state index >= 15 is 0 Å². The molecule has 0 saturated heterocycles. The van der Waals surface area contributed by atoms with E-state index in [1.165, 1.54) is 0 Å². The molecule has 0 aliphatic heterocycles. The minimum Gasteiger partial charge on any atom is -0.506 e. The zero-order valence-corrected chi connectivity index (χ0v) is 7.91. The molecule has 0 aliphatic rings. The Morgan fingerprint density at radius 3 is 1.75 bits per heavy atom. The zero-order valence-electron chi connectivity index (χ0n) is 2.23. The third kappa shape index (κ3) is 8.99. The van der Waals surface area contributed by atoms with Gasteiger partial charge in [-0.15, -0.1) is 4.66 Å². The maximum absolute atomic E-state index is 8.35. The Morgan fingerprint density at radius 2 is 1.75 bits per heavy atom. The van der Waals surface area contributed by atoms with Crippen molar-refractivity contribution in [1.82, 2.24) is 0 Å². The van der Waals surface area contributed by atoms with Crippen molar-refractivity contribution in [2.24, 2.45) is 0 Å². The van der Waals surface area contributed by atoms with Gasteiger partial charge in [-0.3, -0.25) is 0 Å². The molecular formula is HClO2Rb. The maximum atomic E-state index is 8.35. The van der Waals surface area contributed by atoms with Crippen molar-refractivity contribution in [2.45, 2.75) is 0 Å². The van der Waals surface area contributed by atoms with Crippen molar-refractivity contribution >= 4 is 58.2 Å². The largest absolute Gasteiger partial charge is 0.506 e. The first-order valence-electron chi connectivity index (χ1n) is 0.323. The van der Waals surface area contributed by atoms with E-state index in [0.29, 0.717) is 0 Å². The van der Waals surface area contributed by atoms with E-state index in [4.69, 9.17) is 9.32 Å². The molecule has 2 nitrogen and oxygen atoms in total. The molecule has 0 aromatic heterocycles. The molecule has 0 spiro atoms. The minimum atomic E-state index is -0.167. The molecule has 0 rings (SSSR count). The summed E-state index contributed by atoms with van der Waals surface area (Å²) in [5.41, 5.74) is 0. The summed E-state index contributed by atoms with van der Waals surface area (Å²) in [5.74, 6) is 0. The Bertz CT molecular complexity index is 6.00. The fraction of sp³-hybridized carbons (Fsp3) is 0. The van der Waals surface area contributed by atoms with Crippen LogP contribution in [0.15, 0.2) is 0 Å². The molecule has 0 heterocycles. The van der Waals surface area contributed by atoms with Crippen LogP contribution in [0.25, 0.3) is 0 Å². The smallest absolute Gasteiger partial charge is 0.327 e. The first kappa shape index (κ1) is 9.38. The average Bonchev–Trinajstić information content (AvgIpc) is 0.918. The Kier molecular flexibility index (Phi) is 20.9. The van der Waals surface area contributed by atoms with Crippen molar-refractivity contribution < 1.29 is 20.6 Å². The van der Waals surface area contributed by atoms with Gasteiger partial charge in [-0.05, 0) is 0 Å². The van der Waals surface area contributed by atoms with Crippen LogP contribution in [-0.2, 0) is 0 Å². The van der Waals surface area contributed by atoms with Crippen LogP contribution in [-0.4, -0.2) is 62.8 Å². The Labute approximate surface area is 77.1 Å². The average molecular weight is 154 g/mol. The second-order valence-electron chi connectivity index (χ2n) is 0.0690. The van der Waals surface area contributed by atoms with Crippen LogP contribution in [0.1, 0.15) is 0 Å². The van der Waals surface area contributed by atoms with Crippen LogP contribution in [0.5, 0.6) is 0 Å². The SMILES string of the molecule is [O-][Cl+]O.[Rb]. The van der Waals surface area contributed by atoms with Crippen molar-refractivity contribution in [2.75, 3.05) is 0 Å². The summed E-state index contributed by atoms with van der Waals surface area (Å²) in [6.07, 6.45) is 0. The van der Waals surface area contributed by atoms with Crippen LogP contribution in [0.2, 0.25) is 0 Å². The van der Waals surface area contributed by atoms with Gasteiger partial charge in [0.2, 0.25) is 0 Å². The van der Waals surface area contributed by atoms with Crippen LogP contribution in [0, 0.1) is 11.3 Å². The van der Waals surface area contributed by atoms with Crippen LogP contribution in [0.3, 0.4) is 0 Å². The molecule has 1 radical (unpaired) electrons. The summed E-state index contributed by atoms with van der Waals surface area (Å²) in [5, 5.41) is 0. The summed E-state index contributed by atoms with van der Waals surface area (Å²) in [4.78, 5) is 0. The van der Waals surface area contributed by atoms with Gasteiger partial charge in [-0.2, -0.15) is 0 Å². The van der Waals surface area contributed by atoms with Crippen molar-refractivity contribution in [3.63, 3.8) is 0 Å². The fourth-order valence-electron chi connectivity index (χ4n) is 0. The molecule has 0 bridgehead atoms. The van der Waals surface area contributed by atoms with Gasteiger partial charge in [0.25, 0.3) is 0 Å². The van der Waals surface area contributed by atoms with Gasteiger partial charge in [-0.25, -0.2) is 0 Å². The number of halogens is 1.